The molecule has 0 unspecified atom stereocenters. The normalized spacial score (nSPS) is 31.6. The monoisotopic (exact) mass is 624 g/mol. The average molecular weight is 625 g/mol. The van der Waals surface area contributed by atoms with Crippen molar-refractivity contribution in [1.82, 2.24) is 15.2 Å². The van der Waals surface area contributed by atoms with E-state index in [0.29, 0.717) is 38.9 Å². The number of anilines is 1. The highest BCUT2D eigenvalue weighted by molar-refractivity contribution is 7.17. The summed E-state index contributed by atoms with van der Waals surface area (Å²) in [6.07, 6.45) is 5.30. The standard InChI is InChI=1S/C34H48N4O5S/c1-21(42-18-33-11-9-22(10-12-33)43-19-33)28(32(4,5)41)36-29(39)24-14-37(26-8-6-7-25-27(26)44-20-35-25)15-34(24)16-38(17-34)30(40)23-13-31(23,2)3/h6-8,20-24,28,41H,9-19H2,1-5H3,(H,36,39)/t21-,22?,23-,24+,28+,33?/m1/s1. The fourth-order valence-corrected chi connectivity index (χ4v) is 9.29. The molecule has 5 heterocycles. The van der Waals surface area contributed by atoms with Crippen LogP contribution in [0.3, 0.4) is 0 Å². The zero-order valence-electron chi connectivity index (χ0n) is 26.8. The Morgan fingerprint density at radius 3 is 2.57 bits per heavy atom. The second-order valence-corrected chi connectivity index (χ2v) is 16.7. The Kier molecular flexibility index (Phi) is 7.35. The minimum Gasteiger partial charge on any atom is -0.388 e. The van der Waals surface area contributed by atoms with Crippen LogP contribution in [-0.2, 0) is 19.1 Å². The van der Waals surface area contributed by atoms with Crippen LogP contribution in [0.4, 0.5) is 5.69 Å². The third-order valence-corrected chi connectivity index (χ3v) is 12.4. The zero-order chi connectivity index (χ0) is 31.1. The first-order valence-corrected chi connectivity index (χ1v) is 17.3. The van der Waals surface area contributed by atoms with E-state index < -0.39 is 11.6 Å². The fourth-order valence-electron chi connectivity index (χ4n) is 8.45. The number of likely N-dealkylation sites (tertiary alicyclic amines) is 1. The van der Waals surface area contributed by atoms with Gasteiger partial charge in [0.25, 0.3) is 0 Å². The molecule has 1 aromatic heterocycles. The van der Waals surface area contributed by atoms with Gasteiger partial charge >= 0.3 is 0 Å². The molecule has 1 spiro atoms. The molecule has 2 aliphatic carbocycles. The highest BCUT2D eigenvalue weighted by Crippen LogP contribution is 2.55. The number of benzene rings is 1. The van der Waals surface area contributed by atoms with E-state index in [-0.39, 0.29) is 46.0 Å². The van der Waals surface area contributed by atoms with E-state index in [2.05, 4.69) is 35.1 Å². The predicted molar refractivity (Wildman–Crippen MR) is 171 cm³/mol. The Morgan fingerprint density at radius 1 is 1.20 bits per heavy atom. The predicted octanol–water partition coefficient (Wildman–Crippen LogP) is 4.23. The van der Waals surface area contributed by atoms with Crippen molar-refractivity contribution in [2.45, 2.75) is 90.6 Å². The number of ether oxygens (including phenoxy) is 2. The van der Waals surface area contributed by atoms with Crippen LogP contribution in [0.2, 0.25) is 0 Å². The molecule has 9 nitrogen and oxygen atoms in total. The van der Waals surface area contributed by atoms with E-state index in [1.165, 1.54) is 0 Å². The van der Waals surface area contributed by atoms with Crippen LogP contribution in [0.5, 0.6) is 0 Å². The third kappa shape index (κ3) is 5.33. The van der Waals surface area contributed by atoms with Crippen LogP contribution in [0, 0.1) is 28.1 Å². The second-order valence-electron chi connectivity index (χ2n) is 15.9. The number of hydrogen-bond acceptors (Lipinski definition) is 8. The summed E-state index contributed by atoms with van der Waals surface area (Å²) in [7, 11) is 0. The molecule has 2 bridgehead atoms. The molecular weight excluding hydrogens is 576 g/mol. The fraction of sp³-hybridized carbons (Fsp3) is 0.735. The highest BCUT2D eigenvalue weighted by Gasteiger charge is 2.61. The number of nitrogens with zero attached hydrogens (tertiary/aromatic N) is 3. The largest absolute Gasteiger partial charge is 0.388 e. The topological polar surface area (TPSA) is 104 Å². The summed E-state index contributed by atoms with van der Waals surface area (Å²) < 4.78 is 13.6. The molecule has 2 aromatic rings. The summed E-state index contributed by atoms with van der Waals surface area (Å²) in [4.78, 5) is 36.4. The van der Waals surface area contributed by atoms with Crippen molar-refractivity contribution >= 4 is 39.1 Å². The van der Waals surface area contributed by atoms with E-state index in [1.54, 1.807) is 25.2 Å². The second kappa shape index (κ2) is 10.6. The van der Waals surface area contributed by atoms with Gasteiger partial charge in [-0.3, -0.25) is 9.59 Å². The summed E-state index contributed by atoms with van der Waals surface area (Å²) in [5.74, 6) is -0.110. The Morgan fingerprint density at radius 2 is 1.93 bits per heavy atom. The van der Waals surface area contributed by atoms with Crippen molar-refractivity contribution < 1.29 is 24.2 Å². The van der Waals surface area contributed by atoms with Crippen molar-refractivity contribution in [2.75, 3.05) is 44.3 Å². The zero-order valence-corrected chi connectivity index (χ0v) is 27.6. The summed E-state index contributed by atoms with van der Waals surface area (Å²) in [6.45, 7) is 13.4. The first-order valence-electron chi connectivity index (χ1n) is 16.4. The number of aromatic nitrogens is 1. The van der Waals surface area contributed by atoms with Crippen LogP contribution >= 0.6 is 11.3 Å². The highest BCUT2D eigenvalue weighted by atomic mass is 32.1. The maximum atomic E-state index is 14.3. The van der Waals surface area contributed by atoms with Gasteiger partial charge in [0.1, 0.15) is 0 Å². The van der Waals surface area contributed by atoms with Gasteiger partial charge in [0.05, 0.1) is 64.4 Å². The van der Waals surface area contributed by atoms with Gasteiger partial charge in [-0.05, 0) is 70.4 Å². The van der Waals surface area contributed by atoms with Crippen molar-refractivity contribution in [3.05, 3.63) is 23.7 Å². The molecule has 4 saturated heterocycles. The molecule has 2 saturated carbocycles. The molecule has 4 atom stereocenters. The van der Waals surface area contributed by atoms with E-state index in [4.69, 9.17) is 9.47 Å². The summed E-state index contributed by atoms with van der Waals surface area (Å²) in [6, 6.07) is 5.57. The van der Waals surface area contributed by atoms with Crippen LogP contribution in [0.15, 0.2) is 23.7 Å². The molecule has 2 amide bonds. The molecule has 6 fully saturated rings. The van der Waals surface area contributed by atoms with E-state index in [0.717, 1.165) is 54.6 Å². The lowest BCUT2D eigenvalue weighted by atomic mass is 9.70. The Labute approximate surface area is 264 Å². The van der Waals surface area contributed by atoms with Crippen molar-refractivity contribution in [3.8, 4) is 0 Å². The van der Waals surface area contributed by atoms with Gasteiger partial charge in [-0.25, -0.2) is 4.98 Å². The van der Waals surface area contributed by atoms with Gasteiger partial charge in [0.15, 0.2) is 0 Å². The van der Waals surface area contributed by atoms with Gasteiger partial charge in [-0.1, -0.05) is 19.9 Å². The van der Waals surface area contributed by atoms with Gasteiger partial charge in [0.2, 0.25) is 11.8 Å². The van der Waals surface area contributed by atoms with Crippen LogP contribution in [-0.4, -0.2) is 90.0 Å². The number of thiazole rings is 1. The molecular formula is C34H48N4O5S. The third-order valence-electron chi connectivity index (χ3n) is 11.6. The number of carbonyl (C=O) groups is 2. The molecule has 10 heteroatoms. The molecule has 6 aliphatic rings. The lowest BCUT2D eigenvalue weighted by molar-refractivity contribution is -0.160. The van der Waals surface area contributed by atoms with Crippen molar-refractivity contribution in [1.29, 1.82) is 0 Å². The smallest absolute Gasteiger partial charge is 0.226 e. The first kappa shape index (κ1) is 30.4. The average Bonchev–Trinajstić information content (AvgIpc) is 3.31. The number of aliphatic hydroxyl groups is 1. The number of nitrogens with one attached hydrogen (secondary N) is 1. The number of carbonyl (C=O) groups excluding carboxylic acids is 2. The maximum Gasteiger partial charge on any atom is 0.226 e. The Bertz CT molecular complexity index is 1410. The minimum absolute atomic E-state index is 0.0307. The Hall–Kier alpha value is -2.27. The lowest BCUT2D eigenvalue weighted by Gasteiger charge is -2.51. The summed E-state index contributed by atoms with van der Waals surface area (Å²) in [5.41, 5.74) is 2.48. The summed E-state index contributed by atoms with van der Waals surface area (Å²) >= 11 is 1.62. The number of hydrogen-bond donors (Lipinski definition) is 2. The molecule has 2 N–H and O–H groups in total. The van der Waals surface area contributed by atoms with Gasteiger partial charge in [-0.2, -0.15) is 0 Å². The van der Waals surface area contributed by atoms with E-state index >= 15 is 0 Å². The van der Waals surface area contributed by atoms with Crippen molar-refractivity contribution in [3.63, 3.8) is 0 Å². The van der Waals surface area contributed by atoms with Crippen LogP contribution in [0.1, 0.15) is 66.7 Å². The quantitative estimate of drug-likeness (QED) is 0.431. The first-order chi connectivity index (χ1) is 20.8. The van der Waals surface area contributed by atoms with Crippen molar-refractivity contribution in [2.24, 2.45) is 28.1 Å². The number of rotatable bonds is 9. The molecule has 1 aromatic carbocycles. The lowest BCUT2D eigenvalue weighted by Crippen LogP contribution is -2.66. The van der Waals surface area contributed by atoms with Gasteiger partial charge in [-0.15, -0.1) is 11.3 Å². The van der Waals surface area contributed by atoms with E-state index in [1.807, 2.05) is 29.5 Å². The molecule has 44 heavy (non-hydrogen) atoms. The van der Waals surface area contributed by atoms with Gasteiger partial charge in [0, 0.05) is 42.9 Å². The molecule has 0 radical (unpaired) electrons. The molecule has 240 valence electrons. The Balaban J connectivity index is 1.09. The van der Waals surface area contributed by atoms with Gasteiger partial charge < -0.3 is 29.7 Å². The summed E-state index contributed by atoms with van der Waals surface area (Å²) in [5, 5.41) is 14.5. The van der Waals surface area contributed by atoms with Crippen LogP contribution < -0.4 is 10.2 Å². The number of amides is 2. The molecule has 4 aliphatic heterocycles. The SMILES string of the molecule is C[C@@H](OCC12CCC(CC1)OC2)[C@H](NC(=O)[C@@H]1CN(c2cccc3ncsc23)CC12CN(C(=O)[C@H]1CC1(C)C)C2)C(C)(C)O. The van der Waals surface area contributed by atoms with E-state index in [9.17, 15) is 14.7 Å². The number of fused-ring (bicyclic) bond motifs is 4. The van der Waals surface area contributed by atoms with Crippen LogP contribution in [0.25, 0.3) is 10.2 Å². The molecule has 8 rings (SSSR count). The maximum absolute atomic E-state index is 14.3. The minimum atomic E-state index is -1.19.